The van der Waals surface area contributed by atoms with Crippen LogP contribution in [0, 0.1) is 0 Å². The van der Waals surface area contributed by atoms with Crippen molar-refractivity contribution in [3.63, 3.8) is 0 Å². The Morgan fingerprint density at radius 2 is 1.90 bits per heavy atom. The lowest BCUT2D eigenvalue weighted by Crippen LogP contribution is -2.18. The number of benzene rings is 2. The molecule has 1 N–H and O–H groups in total. The van der Waals surface area contributed by atoms with Gasteiger partial charge in [0.1, 0.15) is 5.75 Å². The van der Waals surface area contributed by atoms with Crippen LogP contribution in [0.15, 0.2) is 42.5 Å². The zero-order valence-electron chi connectivity index (χ0n) is 11.5. The highest BCUT2D eigenvalue weighted by atomic mass is 35.5. The number of hydrogen-bond acceptors (Lipinski definition) is 2. The molecule has 1 unspecified atom stereocenters. The lowest BCUT2D eigenvalue weighted by molar-refractivity contribution is 0.406. The lowest BCUT2D eigenvalue weighted by atomic mass is 10.1. The van der Waals surface area contributed by atoms with Gasteiger partial charge in [-0.3, -0.25) is 0 Å². The Morgan fingerprint density at radius 1 is 1.15 bits per heavy atom. The van der Waals surface area contributed by atoms with Crippen molar-refractivity contribution in [2.75, 3.05) is 7.11 Å². The second-order valence-corrected chi connectivity index (χ2v) is 5.42. The molecule has 4 heteroatoms. The Kier molecular flexibility index (Phi) is 5.30. The van der Waals surface area contributed by atoms with E-state index in [1.807, 2.05) is 42.5 Å². The number of ether oxygens (including phenoxy) is 1. The smallest absolute Gasteiger partial charge is 0.124 e. The molecule has 0 aliphatic heterocycles. The van der Waals surface area contributed by atoms with Crippen LogP contribution in [0.5, 0.6) is 5.75 Å². The highest BCUT2D eigenvalue weighted by molar-refractivity contribution is 6.31. The summed E-state index contributed by atoms with van der Waals surface area (Å²) in [5, 5.41) is 4.88. The number of hydrogen-bond donors (Lipinski definition) is 1. The largest absolute Gasteiger partial charge is 0.496 e. The molecule has 2 aromatic rings. The first kappa shape index (κ1) is 15.2. The molecule has 0 aromatic heterocycles. The van der Waals surface area contributed by atoms with Gasteiger partial charge in [-0.1, -0.05) is 41.4 Å². The summed E-state index contributed by atoms with van der Waals surface area (Å²) in [6.45, 7) is 2.73. The predicted molar refractivity (Wildman–Crippen MR) is 84.7 cm³/mol. The third-order valence-electron chi connectivity index (χ3n) is 3.23. The van der Waals surface area contributed by atoms with Gasteiger partial charge in [0.15, 0.2) is 0 Å². The summed E-state index contributed by atoms with van der Waals surface area (Å²) in [6.07, 6.45) is 0. The molecule has 0 saturated heterocycles. The Bertz CT molecular complexity index is 586. The molecule has 2 rings (SSSR count). The van der Waals surface area contributed by atoms with Gasteiger partial charge in [0.2, 0.25) is 0 Å². The standard InChI is InChI=1S/C16H17Cl2NO/c1-11(12-5-3-6-13(17)9-12)19-10-14-15(18)7-4-8-16(14)20-2/h3-9,11,19H,10H2,1-2H3. The van der Waals surface area contributed by atoms with E-state index in [4.69, 9.17) is 27.9 Å². The van der Waals surface area contributed by atoms with E-state index in [-0.39, 0.29) is 6.04 Å². The van der Waals surface area contributed by atoms with Gasteiger partial charge in [0, 0.05) is 28.2 Å². The minimum absolute atomic E-state index is 0.176. The van der Waals surface area contributed by atoms with Gasteiger partial charge < -0.3 is 10.1 Å². The Morgan fingerprint density at radius 3 is 2.60 bits per heavy atom. The van der Waals surface area contributed by atoms with E-state index in [9.17, 15) is 0 Å². The molecular formula is C16H17Cl2NO. The summed E-state index contributed by atoms with van der Waals surface area (Å²) in [5.74, 6) is 0.795. The van der Waals surface area contributed by atoms with Crippen LogP contribution in [0.3, 0.4) is 0 Å². The van der Waals surface area contributed by atoms with E-state index in [1.165, 1.54) is 0 Å². The van der Waals surface area contributed by atoms with Gasteiger partial charge in [0.25, 0.3) is 0 Å². The van der Waals surface area contributed by atoms with Gasteiger partial charge in [0.05, 0.1) is 7.11 Å². The zero-order chi connectivity index (χ0) is 14.5. The molecule has 1 atom stereocenters. The van der Waals surface area contributed by atoms with E-state index in [1.54, 1.807) is 7.11 Å². The van der Waals surface area contributed by atoms with E-state index in [2.05, 4.69) is 12.2 Å². The molecule has 0 amide bonds. The van der Waals surface area contributed by atoms with Gasteiger partial charge in [-0.25, -0.2) is 0 Å². The van der Waals surface area contributed by atoms with E-state index >= 15 is 0 Å². The zero-order valence-corrected chi connectivity index (χ0v) is 13.0. The van der Waals surface area contributed by atoms with Crippen molar-refractivity contribution in [3.05, 3.63) is 63.6 Å². The second-order valence-electron chi connectivity index (χ2n) is 4.58. The topological polar surface area (TPSA) is 21.3 Å². The minimum Gasteiger partial charge on any atom is -0.496 e. The number of halogens is 2. The van der Waals surface area contributed by atoms with Crippen LogP contribution in [0.25, 0.3) is 0 Å². The molecule has 0 heterocycles. The molecule has 0 saturated carbocycles. The Labute approximate surface area is 129 Å². The molecule has 2 aromatic carbocycles. The molecule has 0 fully saturated rings. The summed E-state index contributed by atoms with van der Waals surface area (Å²) in [5.41, 5.74) is 2.11. The summed E-state index contributed by atoms with van der Waals surface area (Å²) in [6, 6.07) is 13.7. The van der Waals surface area contributed by atoms with Gasteiger partial charge in [-0.05, 0) is 36.8 Å². The number of nitrogens with one attached hydrogen (secondary N) is 1. The molecule has 0 spiro atoms. The van der Waals surface area contributed by atoms with Gasteiger partial charge >= 0.3 is 0 Å². The second kappa shape index (κ2) is 6.98. The fraction of sp³-hybridized carbons (Fsp3) is 0.250. The first-order valence-corrected chi connectivity index (χ1v) is 7.17. The van der Waals surface area contributed by atoms with Crippen molar-refractivity contribution < 1.29 is 4.74 Å². The molecular weight excluding hydrogens is 293 g/mol. The highest BCUT2D eigenvalue weighted by Crippen LogP contribution is 2.27. The molecule has 2 nitrogen and oxygen atoms in total. The fourth-order valence-corrected chi connectivity index (χ4v) is 2.48. The molecule has 0 radical (unpaired) electrons. The maximum Gasteiger partial charge on any atom is 0.124 e. The average molecular weight is 310 g/mol. The lowest BCUT2D eigenvalue weighted by Gasteiger charge is -2.17. The van der Waals surface area contributed by atoms with Crippen LogP contribution in [-0.2, 0) is 6.54 Å². The summed E-state index contributed by atoms with van der Waals surface area (Å²) in [7, 11) is 1.65. The maximum atomic E-state index is 6.22. The van der Waals surface area contributed by atoms with Crippen LogP contribution >= 0.6 is 23.2 Å². The highest BCUT2D eigenvalue weighted by Gasteiger charge is 2.10. The minimum atomic E-state index is 0.176. The molecule has 106 valence electrons. The van der Waals surface area contributed by atoms with Crippen molar-refractivity contribution in [2.24, 2.45) is 0 Å². The normalized spacial score (nSPS) is 12.2. The summed E-state index contributed by atoms with van der Waals surface area (Å²) < 4.78 is 5.34. The molecule has 0 aliphatic carbocycles. The monoisotopic (exact) mass is 309 g/mol. The summed E-state index contributed by atoms with van der Waals surface area (Å²) >= 11 is 12.2. The molecule has 0 bridgehead atoms. The Balaban J connectivity index is 2.09. The van der Waals surface area contributed by atoms with Crippen molar-refractivity contribution in [3.8, 4) is 5.75 Å². The maximum absolute atomic E-state index is 6.22. The third-order valence-corrected chi connectivity index (χ3v) is 3.82. The average Bonchev–Trinajstić information content (AvgIpc) is 2.45. The van der Waals surface area contributed by atoms with E-state index < -0.39 is 0 Å². The SMILES string of the molecule is COc1cccc(Cl)c1CNC(C)c1cccc(Cl)c1. The third kappa shape index (κ3) is 3.66. The number of rotatable bonds is 5. The molecule has 0 aliphatic rings. The van der Waals surface area contributed by atoms with Crippen molar-refractivity contribution in [2.45, 2.75) is 19.5 Å². The summed E-state index contributed by atoms with van der Waals surface area (Å²) in [4.78, 5) is 0. The quantitative estimate of drug-likeness (QED) is 0.852. The fourth-order valence-electron chi connectivity index (χ4n) is 2.05. The van der Waals surface area contributed by atoms with Crippen LogP contribution in [0.2, 0.25) is 10.0 Å². The van der Waals surface area contributed by atoms with Crippen molar-refractivity contribution >= 4 is 23.2 Å². The van der Waals surface area contributed by atoms with Crippen molar-refractivity contribution in [1.29, 1.82) is 0 Å². The van der Waals surface area contributed by atoms with Crippen LogP contribution in [0.4, 0.5) is 0 Å². The molecule has 20 heavy (non-hydrogen) atoms. The van der Waals surface area contributed by atoms with Gasteiger partial charge in [-0.2, -0.15) is 0 Å². The van der Waals surface area contributed by atoms with Crippen LogP contribution in [0.1, 0.15) is 24.1 Å². The number of methoxy groups -OCH3 is 1. The van der Waals surface area contributed by atoms with E-state index in [0.29, 0.717) is 11.6 Å². The predicted octanol–water partition coefficient (Wildman–Crippen LogP) is 4.85. The first-order chi connectivity index (χ1) is 9.61. The Hall–Kier alpha value is -1.22. The van der Waals surface area contributed by atoms with Crippen molar-refractivity contribution in [1.82, 2.24) is 5.32 Å². The first-order valence-electron chi connectivity index (χ1n) is 6.42. The van der Waals surface area contributed by atoms with Gasteiger partial charge in [-0.15, -0.1) is 0 Å². The van der Waals surface area contributed by atoms with Crippen LogP contribution < -0.4 is 10.1 Å². The van der Waals surface area contributed by atoms with E-state index in [0.717, 1.165) is 21.9 Å². The van der Waals surface area contributed by atoms with Crippen LogP contribution in [-0.4, -0.2) is 7.11 Å².